The van der Waals surface area contributed by atoms with Gasteiger partial charge in [0, 0.05) is 23.5 Å². The van der Waals surface area contributed by atoms with E-state index in [1.807, 2.05) is 11.3 Å². The van der Waals surface area contributed by atoms with Crippen molar-refractivity contribution in [3.8, 4) is 0 Å². The first-order chi connectivity index (χ1) is 8.42. The van der Waals surface area contributed by atoms with Crippen LogP contribution in [0.1, 0.15) is 44.5 Å². The van der Waals surface area contributed by atoms with Crippen LogP contribution in [0.3, 0.4) is 0 Å². The first-order valence-electron chi connectivity index (χ1n) is 6.91. The lowest BCUT2D eigenvalue weighted by Gasteiger charge is -2.31. The topological polar surface area (TPSA) is 29.3 Å². The average molecular weight is 266 g/mol. The molecule has 2 N–H and O–H groups in total. The minimum Gasteiger partial charge on any atom is -0.327 e. The summed E-state index contributed by atoms with van der Waals surface area (Å²) in [6.07, 6.45) is 2.54. The lowest BCUT2D eigenvalue weighted by atomic mass is 9.85. The summed E-state index contributed by atoms with van der Waals surface area (Å²) in [7, 11) is 2.22. The van der Waals surface area contributed by atoms with Crippen molar-refractivity contribution in [3.05, 3.63) is 22.4 Å². The SMILES string of the molecule is CC(c1cccs1)N(C)CC1CCC(C)(C)C1N. The van der Waals surface area contributed by atoms with Crippen molar-refractivity contribution in [2.24, 2.45) is 17.1 Å². The average Bonchev–Trinajstić information content (AvgIpc) is 2.92. The molecule has 0 bridgehead atoms. The maximum atomic E-state index is 6.40. The van der Waals surface area contributed by atoms with Gasteiger partial charge >= 0.3 is 0 Å². The molecule has 0 radical (unpaired) electrons. The Balaban J connectivity index is 1.94. The molecule has 1 aliphatic rings. The minimum atomic E-state index is 0.317. The third kappa shape index (κ3) is 2.79. The van der Waals surface area contributed by atoms with Crippen molar-refractivity contribution in [1.82, 2.24) is 4.90 Å². The third-order valence-corrected chi connectivity index (χ3v) is 5.75. The highest BCUT2D eigenvalue weighted by molar-refractivity contribution is 7.10. The summed E-state index contributed by atoms with van der Waals surface area (Å²) in [4.78, 5) is 3.90. The Morgan fingerprint density at radius 2 is 2.28 bits per heavy atom. The Morgan fingerprint density at radius 3 is 2.78 bits per heavy atom. The van der Waals surface area contributed by atoms with Gasteiger partial charge < -0.3 is 5.73 Å². The van der Waals surface area contributed by atoms with Gasteiger partial charge in [-0.3, -0.25) is 4.90 Å². The first kappa shape index (κ1) is 14.0. The van der Waals surface area contributed by atoms with Gasteiger partial charge in [0.05, 0.1) is 0 Å². The number of hydrogen-bond acceptors (Lipinski definition) is 3. The molecule has 0 saturated heterocycles. The molecule has 1 heterocycles. The van der Waals surface area contributed by atoms with E-state index in [2.05, 4.69) is 50.2 Å². The molecule has 1 aliphatic carbocycles. The molecule has 1 aromatic heterocycles. The van der Waals surface area contributed by atoms with E-state index in [9.17, 15) is 0 Å². The van der Waals surface area contributed by atoms with Crippen LogP contribution in [0.15, 0.2) is 17.5 Å². The Morgan fingerprint density at radius 1 is 1.56 bits per heavy atom. The molecule has 102 valence electrons. The molecule has 1 saturated carbocycles. The lowest BCUT2D eigenvalue weighted by Crippen LogP contribution is -2.41. The highest BCUT2D eigenvalue weighted by Crippen LogP contribution is 2.40. The molecule has 0 amide bonds. The first-order valence-corrected chi connectivity index (χ1v) is 7.79. The fourth-order valence-corrected chi connectivity index (χ4v) is 3.87. The van der Waals surface area contributed by atoms with Gasteiger partial charge in [-0.1, -0.05) is 19.9 Å². The molecular weight excluding hydrogens is 240 g/mol. The zero-order valence-corrected chi connectivity index (χ0v) is 12.8. The number of nitrogens with zero attached hydrogens (tertiary/aromatic N) is 1. The number of hydrogen-bond donors (Lipinski definition) is 1. The lowest BCUT2D eigenvalue weighted by molar-refractivity contribution is 0.198. The van der Waals surface area contributed by atoms with E-state index in [-0.39, 0.29) is 0 Å². The molecule has 3 unspecified atom stereocenters. The molecule has 18 heavy (non-hydrogen) atoms. The van der Waals surface area contributed by atoms with E-state index < -0.39 is 0 Å². The molecule has 0 aliphatic heterocycles. The summed E-state index contributed by atoms with van der Waals surface area (Å²) >= 11 is 1.84. The largest absolute Gasteiger partial charge is 0.327 e. The molecule has 1 aromatic rings. The molecule has 2 rings (SSSR count). The second kappa shape index (κ2) is 5.32. The van der Waals surface area contributed by atoms with Gasteiger partial charge in [0.1, 0.15) is 0 Å². The van der Waals surface area contributed by atoms with E-state index in [1.165, 1.54) is 17.7 Å². The van der Waals surface area contributed by atoms with E-state index in [0.29, 0.717) is 23.4 Å². The van der Waals surface area contributed by atoms with E-state index >= 15 is 0 Å². The molecule has 1 fully saturated rings. The fourth-order valence-electron chi connectivity index (χ4n) is 3.02. The van der Waals surface area contributed by atoms with Gasteiger partial charge in [-0.25, -0.2) is 0 Å². The molecule has 0 aromatic carbocycles. The zero-order valence-electron chi connectivity index (χ0n) is 12.0. The summed E-state index contributed by atoms with van der Waals surface area (Å²) in [5, 5.41) is 2.16. The molecular formula is C15H26N2S. The van der Waals surface area contributed by atoms with Gasteiger partial charge in [-0.05, 0) is 49.6 Å². The molecule has 3 heteroatoms. The summed E-state index contributed by atoms with van der Waals surface area (Å²) in [5.41, 5.74) is 6.72. The normalized spacial score (nSPS) is 28.8. The van der Waals surface area contributed by atoms with Crippen molar-refractivity contribution < 1.29 is 0 Å². The molecule has 0 spiro atoms. The molecule has 2 nitrogen and oxygen atoms in total. The van der Waals surface area contributed by atoms with Crippen molar-refractivity contribution in [2.75, 3.05) is 13.6 Å². The maximum Gasteiger partial charge on any atom is 0.0410 e. The van der Waals surface area contributed by atoms with Gasteiger partial charge in [0.2, 0.25) is 0 Å². The number of nitrogens with two attached hydrogens (primary N) is 1. The van der Waals surface area contributed by atoms with E-state index in [0.717, 1.165) is 6.54 Å². The van der Waals surface area contributed by atoms with Crippen LogP contribution < -0.4 is 5.73 Å². The van der Waals surface area contributed by atoms with Crippen LogP contribution in [-0.4, -0.2) is 24.5 Å². The standard InChI is InChI=1S/C15H26N2S/c1-11(13-6-5-9-18-13)17(4)10-12-7-8-15(2,3)14(12)16/h5-6,9,11-12,14H,7-8,10,16H2,1-4H3. The van der Waals surface area contributed by atoms with Crippen molar-refractivity contribution in [2.45, 2.75) is 45.7 Å². The van der Waals surface area contributed by atoms with Crippen LogP contribution in [0.2, 0.25) is 0 Å². The number of rotatable bonds is 4. The van der Waals surface area contributed by atoms with Crippen LogP contribution in [0.25, 0.3) is 0 Å². The predicted octanol–water partition coefficient (Wildman–Crippen LogP) is 3.50. The second-order valence-electron chi connectivity index (χ2n) is 6.44. The third-order valence-electron chi connectivity index (χ3n) is 4.71. The minimum absolute atomic E-state index is 0.317. The summed E-state index contributed by atoms with van der Waals surface area (Å²) in [6.45, 7) is 8.02. The monoisotopic (exact) mass is 266 g/mol. The van der Waals surface area contributed by atoms with Crippen molar-refractivity contribution in [3.63, 3.8) is 0 Å². The van der Waals surface area contributed by atoms with Crippen molar-refractivity contribution >= 4 is 11.3 Å². The Bertz CT molecular complexity index is 372. The van der Waals surface area contributed by atoms with Crippen LogP contribution in [0.4, 0.5) is 0 Å². The summed E-state index contributed by atoms with van der Waals surface area (Å²) in [6, 6.07) is 5.20. The van der Waals surface area contributed by atoms with Crippen LogP contribution in [0.5, 0.6) is 0 Å². The fraction of sp³-hybridized carbons (Fsp3) is 0.733. The van der Waals surface area contributed by atoms with Gasteiger partial charge in [0.25, 0.3) is 0 Å². The van der Waals surface area contributed by atoms with Gasteiger partial charge in [0.15, 0.2) is 0 Å². The maximum absolute atomic E-state index is 6.40. The Kier molecular flexibility index (Phi) is 4.15. The van der Waals surface area contributed by atoms with E-state index in [4.69, 9.17) is 5.73 Å². The van der Waals surface area contributed by atoms with Crippen LogP contribution in [0, 0.1) is 11.3 Å². The van der Waals surface area contributed by atoms with E-state index in [1.54, 1.807) is 0 Å². The predicted molar refractivity (Wildman–Crippen MR) is 79.8 cm³/mol. The Hall–Kier alpha value is -0.380. The quantitative estimate of drug-likeness (QED) is 0.903. The van der Waals surface area contributed by atoms with Crippen LogP contribution in [-0.2, 0) is 0 Å². The summed E-state index contributed by atoms with van der Waals surface area (Å²) in [5.74, 6) is 0.646. The highest BCUT2D eigenvalue weighted by Gasteiger charge is 2.39. The second-order valence-corrected chi connectivity index (χ2v) is 7.42. The summed E-state index contributed by atoms with van der Waals surface area (Å²) < 4.78 is 0. The van der Waals surface area contributed by atoms with Gasteiger partial charge in [-0.2, -0.15) is 0 Å². The zero-order chi connectivity index (χ0) is 13.3. The number of thiophene rings is 1. The Labute approximate surface area is 115 Å². The smallest absolute Gasteiger partial charge is 0.0410 e. The van der Waals surface area contributed by atoms with Crippen molar-refractivity contribution in [1.29, 1.82) is 0 Å². The highest BCUT2D eigenvalue weighted by atomic mass is 32.1. The molecule has 3 atom stereocenters. The van der Waals surface area contributed by atoms with Crippen LogP contribution >= 0.6 is 11.3 Å². The van der Waals surface area contributed by atoms with Gasteiger partial charge in [-0.15, -0.1) is 11.3 Å².